The van der Waals surface area contributed by atoms with Crippen LogP contribution >= 0.6 is 0 Å². The van der Waals surface area contributed by atoms with Gasteiger partial charge in [-0.1, -0.05) is 31.2 Å². The highest BCUT2D eigenvalue weighted by atomic mass is 15.1. The molecule has 0 amide bonds. The Morgan fingerprint density at radius 3 is 2.95 bits per heavy atom. The molecule has 0 bridgehead atoms. The van der Waals surface area contributed by atoms with E-state index in [0.717, 1.165) is 26.1 Å². The van der Waals surface area contributed by atoms with Gasteiger partial charge < -0.3 is 10.2 Å². The molecule has 1 aliphatic rings. The maximum absolute atomic E-state index is 4.31. The molecule has 0 spiro atoms. The number of nitrogens with one attached hydrogen (secondary N) is 1. The van der Waals surface area contributed by atoms with Crippen LogP contribution in [0, 0.1) is 6.92 Å². The van der Waals surface area contributed by atoms with E-state index in [9.17, 15) is 0 Å². The maximum Gasteiger partial charge on any atom is 0.0444 e. The first kappa shape index (κ1) is 14.1. The zero-order valence-corrected chi connectivity index (χ0v) is 12.8. The summed E-state index contributed by atoms with van der Waals surface area (Å²) in [5.41, 5.74) is 5.29. The molecule has 0 radical (unpaired) electrons. The summed E-state index contributed by atoms with van der Waals surface area (Å²) in [6.07, 6.45) is 5.05. The third kappa shape index (κ3) is 3.08. The van der Waals surface area contributed by atoms with Gasteiger partial charge in [-0.05, 0) is 42.6 Å². The van der Waals surface area contributed by atoms with Crippen molar-refractivity contribution in [3.8, 4) is 0 Å². The second-order valence-corrected chi connectivity index (χ2v) is 5.75. The first-order valence-corrected chi connectivity index (χ1v) is 7.75. The van der Waals surface area contributed by atoms with Crippen LogP contribution in [0.2, 0.25) is 0 Å². The lowest BCUT2D eigenvalue weighted by Crippen LogP contribution is -2.35. The van der Waals surface area contributed by atoms with Gasteiger partial charge in [0.05, 0.1) is 0 Å². The number of aryl methyl sites for hydroxylation is 1. The van der Waals surface area contributed by atoms with E-state index in [1.807, 2.05) is 12.4 Å². The number of anilines is 1. The van der Waals surface area contributed by atoms with Gasteiger partial charge in [-0.3, -0.25) is 4.98 Å². The summed E-state index contributed by atoms with van der Waals surface area (Å²) in [5, 5.41) is 3.60. The number of benzene rings is 1. The number of rotatable bonds is 4. The topological polar surface area (TPSA) is 28.2 Å². The van der Waals surface area contributed by atoms with Crippen LogP contribution in [0.25, 0.3) is 0 Å². The fourth-order valence-electron chi connectivity index (χ4n) is 3.18. The van der Waals surface area contributed by atoms with Crippen LogP contribution in [0.3, 0.4) is 0 Å². The molecule has 0 fully saturated rings. The molecule has 2 aromatic rings. The van der Waals surface area contributed by atoms with Crippen LogP contribution in [0.5, 0.6) is 0 Å². The Balaban J connectivity index is 1.85. The Labute approximate surface area is 127 Å². The molecule has 21 heavy (non-hydrogen) atoms. The SMILES string of the molecule is CCNC1CCN(Cc2cncc(C)c2)c2ccccc21. The van der Waals surface area contributed by atoms with Gasteiger partial charge in [-0.15, -0.1) is 0 Å². The quantitative estimate of drug-likeness (QED) is 0.930. The van der Waals surface area contributed by atoms with Gasteiger partial charge in [0.2, 0.25) is 0 Å². The molecule has 3 nitrogen and oxygen atoms in total. The van der Waals surface area contributed by atoms with E-state index in [0.29, 0.717) is 6.04 Å². The Bertz CT molecular complexity index is 609. The molecule has 1 aromatic carbocycles. The van der Waals surface area contributed by atoms with Gasteiger partial charge in [0.15, 0.2) is 0 Å². The predicted octanol–water partition coefficient (Wildman–Crippen LogP) is 3.45. The predicted molar refractivity (Wildman–Crippen MR) is 87.5 cm³/mol. The van der Waals surface area contributed by atoms with E-state index in [1.54, 1.807) is 0 Å². The molecule has 110 valence electrons. The van der Waals surface area contributed by atoms with Gasteiger partial charge in [0.1, 0.15) is 0 Å². The van der Waals surface area contributed by atoms with E-state index in [-0.39, 0.29) is 0 Å². The third-order valence-corrected chi connectivity index (χ3v) is 4.10. The highest BCUT2D eigenvalue weighted by Gasteiger charge is 2.23. The molecule has 1 unspecified atom stereocenters. The lowest BCUT2D eigenvalue weighted by atomic mass is 9.96. The van der Waals surface area contributed by atoms with Gasteiger partial charge >= 0.3 is 0 Å². The highest BCUT2D eigenvalue weighted by molar-refractivity contribution is 5.57. The van der Waals surface area contributed by atoms with Crippen molar-refractivity contribution in [1.82, 2.24) is 10.3 Å². The van der Waals surface area contributed by atoms with E-state index in [1.165, 1.54) is 22.4 Å². The molecule has 1 atom stereocenters. The Morgan fingerprint density at radius 2 is 2.14 bits per heavy atom. The largest absolute Gasteiger partial charge is 0.367 e. The van der Waals surface area contributed by atoms with E-state index in [2.05, 4.69) is 59.4 Å². The fourth-order valence-corrected chi connectivity index (χ4v) is 3.18. The van der Waals surface area contributed by atoms with Crippen LogP contribution < -0.4 is 10.2 Å². The normalized spacial score (nSPS) is 17.6. The van der Waals surface area contributed by atoms with Crippen molar-refractivity contribution in [3.63, 3.8) is 0 Å². The number of hydrogen-bond acceptors (Lipinski definition) is 3. The minimum atomic E-state index is 0.484. The Kier molecular flexibility index (Phi) is 4.20. The summed E-state index contributed by atoms with van der Waals surface area (Å²) in [6, 6.07) is 11.5. The molecular formula is C18H23N3. The second kappa shape index (κ2) is 6.27. The fraction of sp³-hybridized carbons (Fsp3) is 0.389. The van der Waals surface area contributed by atoms with Crippen molar-refractivity contribution >= 4 is 5.69 Å². The van der Waals surface area contributed by atoms with E-state index in [4.69, 9.17) is 0 Å². The smallest absolute Gasteiger partial charge is 0.0444 e. The van der Waals surface area contributed by atoms with Crippen molar-refractivity contribution in [3.05, 3.63) is 59.4 Å². The standard InChI is InChI=1S/C18H23N3/c1-3-20-17-8-9-21(18-7-5-4-6-16(17)18)13-15-10-14(2)11-19-12-15/h4-7,10-12,17,20H,3,8-9,13H2,1-2H3. The molecule has 0 aliphatic carbocycles. The van der Waals surface area contributed by atoms with E-state index < -0.39 is 0 Å². The molecule has 1 aromatic heterocycles. The molecule has 3 heteroatoms. The molecule has 3 rings (SSSR count). The number of para-hydroxylation sites is 1. The van der Waals surface area contributed by atoms with Crippen molar-refractivity contribution in [2.24, 2.45) is 0 Å². The van der Waals surface area contributed by atoms with Crippen LogP contribution in [-0.2, 0) is 6.54 Å². The van der Waals surface area contributed by atoms with Crippen molar-refractivity contribution in [2.75, 3.05) is 18.0 Å². The zero-order chi connectivity index (χ0) is 14.7. The first-order valence-electron chi connectivity index (χ1n) is 7.75. The summed E-state index contributed by atoms with van der Waals surface area (Å²) >= 11 is 0. The average Bonchev–Trinajstić information content (AvgIpc) is 2.50. The van der Waals surface area contributed by atoms with Crippen LogP contribution in [0.1, 0.15) is 36.1 Å². The summed E-state index contributed by atoms with van der Waals surface area (Å²) < 4.78 is 0. The summed E-state index contributed by atoms with van der Waals surface area (Å²) in [4.78, 5) is 6.78. The van der Waals surface area contributed by atoms with Gasteiger partial charge in [0, 0.05) is 37.2 Å². The van der Waals surface area contributed by atoms with Crippen molar-refractivity contribution < 1.29 is 0 Å². The molecular weight excluding hydrogens is 258 g/mol. The van der Waals surface area contributed by atoms with Gasteiger partial charge in [-0.2, -0.15) is 0 Å². The first-order chi connectivity index (χ1) is 10.3. The third-order valence-electron chi connectivity index (χ3n) is 4.10. The minimum Gasteiger partial charge on any atom is -0.367 e. The Hall–Kier alpha value is -1.87. The van der Waals surface area contributed by atoms with Crippen molar-refractivity contribution in [1.29, 1.82) is 0 Å². The van der Waals surface area contributed by atoms with Crippen LogP contribution in [0.15, 0.2) is 42.7 Å². The maximum atomic E-state index is 4.31. The van der Waals surface area contributed by atoms with Gasteiger partial charge in [0.25, 0.3) is 0 Å². The van der Waals surface area contributed by atoms with Gasteiger partial charge in [-0.25, -0.2) is 0 Å². The summed E-state index contributed by atoms with van der Waals surface area (Å²) in [5.74, 6) is 0. The number of nitrogens with zero attached hydrogens (tertiary/aromatic N) is 2. The van der Waals surface area contributed by atoms with Crippen LogP contribution in [0.4, 0.5) is 5.69 Å². The minimum absolute atomic E-state index is 0.484. The molecule has 0 saturated carbocycles. The molecule has 1 N–H and O–H groups in total. The van der Waals surface area contributed by atoms with Crippen LogP contribution in [-0.4, -0.2) is 18.1 Å². The highest BCUT2D eigenvalue weighted by Crippen LogP contribution is 2.34. The lowest BCUT2D eigenvalue weighted by Gasteiger charge is -2.36. The Morgan fingerprint density at radius 1 is 1.29 bits per heavy atom. The average molecular weight is 281 g/mol. The number of pyridine rings is 1. The number of hydrogen-bond donors (Lipinski definition) is 1. The second-order valence-electron chi connectivity index (χ2n) is 5.75. The molecule has 2 heterocycles. The molecule has 1 aliphatic heterocycles. The number of aromatic nitrogens is 1. The van der Waals surface area contributed by atoms with E-state index >= 15 is 0 Å². The number of fused-ring (bicyclic) bond motifs is 1. The zero-order valence-electron chi connectivity index (χ0n) is 12.8. The lowest BCUT2D eigenvalue weighted by molar-refractivity contribution is 0.489. The summed E-state index contributed by atoms with van der Waals surface area (Å²) in [7, 11) is 0. The van der Waals surface area contributed by atoms with Crippen molar-refractivity contribution in [2.45, 2.75) is 32.9 Å². The summed E-state index contributed by atoms with van der Waals surface area (Å²) in [6.45, 7) is 7.31. The molecule has 0 saturated heterocycles. The monoisotopic (exact) mass is 281 g/mol.